The molecule has 1 aliphatic rings. The molecule has 138 valence electrons. The van der Waals surface area contributed by atoms with Gasteiger partial charge in [0.25, 0.3) is 5.91 Å². The van der Waals surface area contributed by atoms with E-state index in [0.717, 1.165) is 15.6 Å². The summed E-state index contributed by atoms with van der Waals surface area (Å²) < 4.78 is 14.3. The predicted molar refractivity (Wildman–Crippen MR) is 114 cm³/mol. The highest BCUT2D eigenvalue weighted by Crippen LogP contribution is 2.29. The topological polar surface area (TPSA) is 32.7 Å². The van der Waals surface area contributed by atoms with Crippen molar-refractivity contribution in [2.45, 2.75) is 0 Å². The van der Waals surface area contributed by atoms with Gasteiger partial charge in [-0.15, -0.1) is 0 Å². The molecule has 1 aliphatic heterocycles. The molecule has 1 heterocycles. The fourth-order valence-corrected chi connectivity index (χ4v) is 3.44. The summed E-state index contributed by atoms with van der Waals surface area (Å²) in [6.45, 7) is 0. The molecule has 3 aromatic rings. The van der Waals surface area contributed by atoms with Crippen molar-refractivity contribution in [1.29, 1.82) is 0 Å². The average Bonchev–Trinajstić information content (AvgIpc) is 2.99. The Morgan fingerprint density at radius 2 is 1.71 bits per heavy atom. The van der Waals surface area contributed by atoms with Crippen molar-refractivity contribution in [2.24, 2.45) is 4.99 Å². The highest BCUT2D eigenvalue weighted by atomic mass is 79.9. The molecule has 1 amide bonds. The van der Waals surface area contributed by atoms with Crippen LogP contribution in [0.1, 0.15) is 11.1 Å². The van der Waals surface area contributed by atoms with Gasteiger partial charge in [0, 0.05) is 15.1 Å². The maximum atomic E-state index is 13.4. The summed E-state index contributed by atoms with van der Waals surface area (Å²) >= 11 is 9.42. The van der Waals surface area contributed by atoms with Crippen LogP contribution in [0.5, 0.6) is 0 Å². The van der Waals surface area contributed by atoms with Crippen LogP contribution in [-0.4, -0.2) is 11.7 Å². The number of nitrogens with zero attached hydrogens (tertiary/aromatic N) is 2. The number of hydrogen-bond acceptors (Lipinski definition) is 2. The summed E-state index contributed by atoms with van der Waals surface area (Å²) in [5, 5.41) is 0.590. The molecule has 0 unspecified atom stereocenters. The van der Waals surface area contributed by atoms with Gasteiger partial charge in [-0.05, 0) is 72.3 Å². The maximum Gasteiger partial charge on any atom is 0.282 e. The SMILES string of the molecule is O=C1/C(=C\c2cccc(Br)c2)N=C(c2ccc(Cl)cc2)N1c1ccc(F)cc1. The van der Waals surface area contributed by atoms with Gasteiger partial charge in [0.2, 0.25) is 0 Å². The number of hydrogen-bond donors (Lipinski definition) is 0. The molecule has 0 saturated carbocycles. The van der Waals surface area contributed by atoms with Gasteiger partial charge < -0.3 is 0 Å². The molecule has 4 rings (SSSR count). The van der Waals surface area contributed by atoms with Gasteiger partial charge in [0.15, 0.2) is 0 Å². The zero-order valence-corrected chi connectivity index (χ0v) is 16.8. The van der Waals surface area contributed by atoms with E-state index >= 15 is 0 Å². The number of amidine groups is 1. The van der Waals surface area contributed by atoms with Crippen LogP contribution in [0.3, 0.4) is 0 Å². The molecule has 0 N–H and O–H groups in total. The Morgan fingerprint density at radius 1 is 1.00 bits per heavy atom. The first kappa shape index (κ1) is 18.6. The van der Waals surface area contributed by atoms with Crippen LogP contribution in [0.2, 0.25) is 5.02 Å². The van der Waals surface area contributed by atoms with Gasteiger partial charge in [0.05, 0.1) is 5.69 Å². The van der Waals surface area contributed by atoms with Gasteiger partial charge >= 0.3 is 0 Å². The Balaban J connectivity index is 1.82. The first-order chi connectivity index (χ1) is 13.5. The average molecular weight is 456 g/mol. The second-order valence-electron chi connectivity index (χ2n) is 6.14. The molecule has 0 saturated heterocycles. The monoisotopic (exact) mass is 454 g/mol. The molecule has 0 atom stereocenters. The highest BCUT2D eigenvalue weighted by molar-refractivity contribution is 9.10. The number of rotatable bonds is 3. The van der Waals surface area contributed by atoms with Gasteiger partial charge in [-0.25, -0.2) is 9.38 Å². The Labute approximate surface area is 174 Å². The third kappa shape index (κ3) is 3.77. The van der Waals surface area contributed by atoms with Gasteiger partial charge in [0.1, 0.15) is 17.3 Å². The zero-order chi connectivity index (χ0) is 19.7. The van der Waals surface area contributed by atoms with Gasteiger partial charge in [-0.3, -0.25) is 9.69 Å². The lowest BCUT2D eigenvalue weighted by atomic mass is 10.1. The molecule has 28 heavy (non-hydrogen) atoms. The quantitative estimate of drug-likeness (QED) is 0.441. The van der Waals surface area contributed by atoms with Crippen molar-refractivity contribution in [3.8, 4) is 0 Å². The minimum atomic E-state index is -0.370. The van der Waals surface area contributed by atoms with E-state index in [9.17, 15) is 9.18 Å². The van der Waals surface area contributed by atoms with Gasteiger partial charge in [-0.1, -0.05) is 39.7 Å². The first-order valence-corrected chi connectivity index (χ1v) is 9.60. The van der Waals surface area contributed by atoms with E-state index < -0.39 is 0 Å². The minimum Gasteiger partial charge on any atom is -0.266 e. The van der Waals surface area contributed by atoms with Crippen molar-refractivity contribution in [2.75, 3.05) is 4.90 Å². The summed E-state index contributed by atoms with van der Waals surface area (Å²) in [7, 11) is 0. The van der Waals surface area contributed by atoms with Crippen LogP contribution < -0.4 is 4.90 Å². The van der Waals surface area contributed by atoms with Crippen molar-refractivity contribution in [3.63, 3.8) is 0 Å². The van der Waals surface area contributed by atoms with Crippen molar-refractivity contribution < 1.29 is 9.18 Å². The van der Waals surface area contributed by atoms with Crippen molar-refractivity contribution >= 4 is 51.0 Å². The number of halogens is 3. The van der Waals surface area contributed by atoms with E-state index in [1.165, 1.54) is 17.0 Å². The molecule has 0 spiro atoms. The van der Waals surface area contributed by atoms with E-state index in [0.29, 0.717) is 22.2 Å². The van der Waals surface area contributed by atoms with E-state index in [1.807, 2.05) is 24.3 Å². The normalized spacial score (nSPS) is 15.2. The second-order valence-corrected chi connectivity index (χ2v) is 7.50. The van der Waals surface area contributed by atoms with E-state index in [2.05, 4.69) is 20.9 Å². The van der Waals surface area contributed by atoms with Crippen LogP contribution in [0, 0.1) is 5.82 Å². The lowest BCUT2D eigenvalue weighted by Crippen LogP contribution is -2.32. The Kier molecular flexibility index (Phi) is 5.11. The number of amides is 1. The first-order valence-electron chi connectivity index (χ1n) is 8.43. The van der Waals surface area contributed by atoms with Crippen LogP contribution in [0.25, 0.3) is 6.08 Å². The molecule has 0 aromatic heterocycles. The highest BCUT2D eigenvalue weighted by Gasteiger charge is 2.32. The molecule has 0 aliphatic carbocycles. The van der Waals surface area contributed by atoms with Crippen LogP contribution in [0.4, 0.5) is 10.1 Å². The van der Waals surface area contributed by atoms with Gasteiger partial charge in [-0.2, -0.15) is 0 Å². The molecule has 0 fully saturated rings. The maximum absolute atomic E-state index is 13.4. The number of anilines is 1. The van der Waals surface area contributed by atoms with E-state index in [-0.39, 0.29) is 11.7 Å². The smallest absolute Gasteiger partial charge is 0.266 e. The number of aliphatic imine (C=N–C) groups is 1. The lowest BCUT2D eigenvalue weighted by Gasteiger charge is -2.18. The molecule has 0 bridgehead atoms. The van der Waals surface area contributed by atoms with Crippen molar-refractivity contribution in [3.05, 3.63) is 105 Å². The minimum absolute atomic E-state index is 0.281. The fourth-order valence-electron chi connectivity index (χ4n) is 2.89. The number of carbonyl (C=O) groups excluding carboxylic acids is 1. The summed E-state index contributed by atoms with van der Waals surface area (Å²) in [6, 6.07) is 20.4. The lowest BCUT2D eigenvalue weighted by molar-refractivity contribution is -0.113. The number of benzene rings is 3. The summed E-state index contributed by atoms with van der Waals surface area (Å²) in [6.07, 6.45) is 1.73. The summed E-state index contributed by atoms with van der Waals surface area (Å²) in [5.41, 5.74) is 2.42. The fraction of sp³-hybridized carbons (Fsp3) is 0. The second kappa shape index (κ2) is 7.70. The summed E-state index contributed by atoms with van der Waals surface area (Å²) in [4.78, 5) is 19.2. The van der Waals surface area contributed by atoms with Crippen LogP contribution in [0.15, 0.2) is 88.0 Å². The standard InChI is InChI=1S/C22H13BrClFN2O/c23-16-3-1-2-14(12-16)13-20-22(28)27(19-10-8-18(25)9-11-19)21(26-20)15-4-6-17(24)7-5-15/h1-13H/b20-13+. The Bertz CT molecular complexity index is 1110. The molecule has 3 aromatic carbocycles. The summed E-state index contributed by atoms with van der Waals surface area (Å²) in [5.74, 6) is -0.184. The van der Waals surface area contributed by atoms with E-state index in [1.54, 1.807) is 42.5 Å². The molecular weight excluding hydrogens is 443 g/mol. The zero-order valence-electron chi connectivity index (χ0n) is 14.4. The third-order valence-electron chi connectivity index (χ3n) is 4.20. The predicted octanol–water partition coefficient (Wildman–Crippen LogP) is 6.08. The van der Waals surface area contributed by atoms with Crippen molar-refractivity contribution in [1.82, 2.24) is 0 Å². The van der Waals surface area contributed by atoms with E-state index in [4.69, 9.17) is 11.6 Å². The molecular formula is C22H13BrClFN2O. The molecule has 6 heteroatoms. The van der Waals surface area contributed by atoms with Crippen LogP contribution in [-0.2, 0) is 4.79 Å². The Morgan fingerprint density at radius 3 is 2.39 bits per heavy atom. The molecule has 3 nitrogen and oxygen atoms in total. The largest absolute Gasteiger partial charge is 0.282 e. The van der Waals surface area contributed by atoms with Crippen LogP contribution >= 0.6 is 27.5 Å². The number of carbonyl (C=O) groups is 1. The third-order valence-corrected chi connectivity index (χ3v) is 4.94. The molecule has 0 radical (unpaired) electrons. The Hall–Kier alpha value is -2.76.